The van der Waals surface area contributed by atoms with E-state index < -0.39 is 0 Å². The highest BCUT2D eigenvalue weighted by Gasteiger charge is 2.18. The molecule has 0 bridgehead atoms. The molecular formula is C21H26N4O2. The van der Waals surface area contributed by atoms with Crippen molar-refractivity contribution in [2.75, 3.05) is 27.3 Å². The summed E-state index contributed by atoms with van der Waals surface area (Å²) in [6.45, 7) is 2.24. The molecule has 0 saturated carbocycles. The van der Waals surface area contributed by atoms with E-state index in [4.69, 9.17) is 9.47 Å². The first-order valence-corrected chi connectivity index (χ1v) is 8.99. The topological polar surface area (TPSA) is 52.4 Å². The maximum atomic E-state index is 6.26. The third kappa shape index (κ3) is 5.15. The molecule has 2 aromatic heterocycles. The molecule has 0 aliphatic heterocycles. The molecule has 0 amide bonds. The number of aryl methyl sites for hydroxylation is 1. The van der Waals surface area contributed by atoms with Gasteiger partial charge in [-0.15, -0.1) is 0 Å². The summed E-state index contributed by atoms with van der Waals surface area (Å²) in [4.78, 5) is 6.47. The van der Waals surface area contributed by atoms with Crippen molar-refractivity contribution in [1.29, 1.82) is 0 Å². The smallest absolute Gasteiger partial charge is 0.212 e. The molecule has 0 saturated heterocycles. The van der Waals surface area contributed by atoms with Gasteiger partial charge in [0.15, 0.2) is 0 Å². The average molecular weight is 366 g/mol. The Labute approximate surface area is 160 Å². The van der Waals surface area contributed by atoms with Crippen LogP contribution in [0.4, 0.5) is 0 Å². The minimum Gasteiger partial charge on any atom is -0.481 e. The van der Waals surface area contributed by atoms with E-state index in [0.717, 1.165) is 29.9 Å². The summed E-state index contributed by atoms with van der Waals surface area (Å²) in [5.74, 6) is 0.631. The molecule has 3 rings (SSSR count). The molecule has 0 N–H and O–H groups in total. The van der Waals surface area contributed by atoms with Crippen molar-refractivity contribution in [2.45, 2.75) is 12.6 Å². The molecule has 1 unspecified atom stereocenters. The quantitative estimate of drug-likeness (QED) is 0.583. The maximum absolute atomic E-state index is 6.26. The fraction of sp³-hybridized carbons (Fsp3) is 0.333. The Balaban J connectivity index is 1.58. The van der Waals surface area contributed by atoms with E-state index in [0.29, 0.717) is 12.5 Å². The van der Waals surface area contributed by atoms with Crippen LogP contribution in [0, 0.1) is 0 Å². The number of benzene rings is 1. The summed E-state index contributed by atoms with van der Waals surface area (Å²) in [5, 5.41) is 4.29. The van der Waals surface area contributed by atoms with Gasteiger partial charge in [-0.25, -0.2) is 4.98 Å². The van der Waals surface area contributed by atoms with Gasteiger partial charge in [0.25, 0.3) is 0 Å². The third-order valence-corrected chi connectivity index (χ3v) is 4.45. The SMILES string of the molecule is COc1ccc(CN(C)CCOC(c2ccccc2)c2ccnn2C)cn1. The van der Waals surface area contributed by atoms with Gasteiger partial charge in [-0.05, 0) is 24.2 Å². The van der Waals surface area contributed by atoms with Crippen molar-refractivity contribution >= 4 is 0 Å². The molecule has 142 valence electrons. The lowest BCUT2D eigenvalue weighted by Gasteiger charge is -2.22. The van der Waals surface area contributed by atoms with E-state index in [1.54, 1.807) is 13.3 Å². The first kappa shape index (κ1) is 19.1. The lowest BCUT2D eigenvalue weighted by Crippen LogP contribution is -2.24. The minimum absolute atomic E-state index is 0.130. The highest BCUT2D eigenvalue weighted by molar-refractivity contribution is 5.25. The fourth-order valence-electron chi connectivity index (χ4n) is 2.96. The Bertz CT molecular complexity index is 818. The second kappa shape index (κ2) is 9.30. The molecule has 6 nitrogen and oxygen atoms in total. The second-order valence-electron chi connectivity index (χ2n) is 6.49. The number of ether oxygens (including phenoxy) is 2. The predicted molar refractivity (Wildman–Crippen MR) is 105 cm³/mol. The number of nitrogens with zero attached hydrogens (tertiary/aromatic N) is 4. The Morgan fingerprint density at radius 2 is 1.93 bits per heavy atom. The Morgan fingerprint density at radius 1 is 1.11 bits per heavy atom. The van der Waals surface area contributed by atoms with Crippen LogP contribution in [0.15, 0.2) is 60.9 Å². The Hall–Kier alpha value is -2.70. The number of rotatable bonds is 9. The summed E-state index contributed by atoms with van der Waals surface area (Å²) in [6, 6.07) is 16.2. The molecule has 1 atom stereocenters. The van der Waals surface area contributed by atoms with E-state index in [9.17, 15) is 0 Å². The zero-order valence-electron chi connectivity index (χ0n) is 16.1. The normalized spacial score (nSPS) is 12.3. The van der Waals surface area contributed by atoms with Gasteiger partial charge in [0.2, 0.25) is 5.88 Å². The molecule has 0 aliphatic carbocycles. The zero-order valence-corrected chi connectivity index (χ0v) is 16.1. The largest absolute Gasteiger partial charge is 0.481 e. The number of aromatic nitrogens is 3. The first-order chi connectivity index (χ1) is 13.2. The molecule has 2 heterocycles. The van der Waals surface area contributed by atoms with Crippen LogP contribution in [0.2, 0.25) is 0 Å². The molecule has 0 aliphatic rings. The molecule has 0 spiro atoms. The van der Waals surface area contributed by atoms with Crippen LogP contribution >= 0.6 is 0 Å². The number of pyridine rings is 1. The second-order valence-corrected chi connectivity index (χ2v) is 6.49. The highest BCUT2D eigenvalue weighted by atomic mass is 16.5. The van der Waals surface area contributed by atoms with Crippen LogP contribution in [-0.2, 0) is 18.3 Å². The number of hydrogen-bond donors (Lipinski definition) is 0. The Morgan fingerprint density at radius 3 is 2.56 bits per heavy atom. The molecule has 0 radical (unpaired) electrons. The van der Waals surface area contributed by atoms with Gasteiger partial charge in [0.1, 0.15) is 6.10 Å². The van der Waals surface area contributed by atoms with Crippen molar-refractivity contribution in [3.8, 4) is 5.88 Å². The summed E-state index contributed by atoms with van der Waals surface area (Å²) < 4.78 is 13.2. The van der Waals surface area contributed by atoms with E-state index >= 15 is 0 Å². The molecule has 6 heteroatoms. The third-order valence-electron chi connectivity index (χ3n) is 4.45. The summed E-state index contributed by atoms with van der Waals surface area (Å²) >= 11 is 0. The molecule has 0 fully saturated rings. The lowest BCUT2D eigenvalue weighted by molar-refractivity contribution is 0.0589. The van der Waals surface area contributed by atoms with Crippen LogP contribution in [-0.4, -0.2) is 47.0 Å². The van der Waals surface area contributed by atoms with Gasteiger partial charge in [0.05, 0.1) is 19.4 Å². The van der Waals surface area contributed by atoms with Crippen molar-refractivity contribution in [2.24, 2.45) is 7.05 Å². The molecule has 3 aromatic rings. The van der Waals surface area contributed by atoms with Crippen LogP contribution in [0.5, 0.6) is 5.88 Å². The van der Waals surface area contributed by atoms with E-state index in [-0.39, 0.29) is 6.10 Å². The summed E-state index contributed by atoms with van der Waals surface area (Å²) in [7, 11) is 5.64. The molecule has 27 heavy (non-hydrogen) atoms. The monoisotopic (exact) mass is 366 g/mol. The fourth-order valence-corrected chi connectivity index (χ4v) is 2.96. The van der Waals surface area contributed by atoms with Crippen molar-refractivity contribution in [3.63, 3.8) is 0 Å². The molecule has 1 aromatic carbocycles. The minimum atomic E-state index is -0.130. The van der Waals surface area contributed by atoms with E-state index in [1.165, 1.54) is 0 Å². The lowest BCUT2D eigenvalue weighted by atomic mass is 10.1. The average Bonchev–Trinajstić information content (AvgIpc) is 3.12. The highest BCUT2D eigenvalue weighted by Crippen LogP contribution is 2.25. The van der Waals surface area contributed by atoms with Crippen molar-refractivity contribution in [3.05, 3.63) is 77.7 Å². The van der Waals surface area contributed by atoms with Crippen LogP contribution in [0.1, 0.15) is 22.9 Å². The summed E-state index contributed by atoms with van der Waals surface area (Å²) in [6.07, 6.45) is 3.52. The van der Waals surface area contributed by atoms with Gasteiger partial charge >= 0.3 is 0 Å². The van der Waals surface area contributed by atoms with Gasteiger partial charge in [-0.2, -0.15) is 5.10 Å². The van der Waals surface area contributed by atoms with E-state index in [1.807, 2.05) is 54.3 Å². The van der Waals surface area contributed by atoms with Crippen LogP contribution < -0.4 is 4.74 Å². The number of likely N-dealkylation sites (N-methyl/N-ethyl adjacent to an activating group) is 1. The molecular weight excluding hydrogens is 340 g/mol. The van der Waals surface area contributed by atoms with Crippen LogP contribution in [0.25, 0.3) is 0 Å². The van der Waals surface area contributed by atoms with Crippen molar-refractivity contribution < 1.29 is 9.47 Å². The number of methoxy groups -OCH3 is 1. The number of hydrogen-bond acceptors (Lipinski definition) is 5. The van der Waals surface area contributed by atoms with Crippen molar-refractivity contribution in [1.82, 2.24) is 19.7 Å². The summed E-state index contributed by atoms with van der Waals surface area (Å²) in [5.41, 5.74) is 3.32. The van der Waals surface area contributed by atoms with Crippen LogP contribution in [0.3, 0.4) is 0 Å². The van der Waals surface area contributed by atoms with Gasteiger partial charge in [-0.1, -0.05) is 36.4 Å². The van der Waals surface area contributed by atoms with Gasteiger partial charge in [-0.3, -0.25) is 9.58 Å². The standard InChI is InChI=1S/C21H26N4O2/c1-24(16-17-9-10-20(26-3)22-15-17)13-14-27-21(18-7-5-4-6-8-18)19-11-12-23-25(19)2/h4-12,15,21H,13-14,16H2,1-3H3. The predicted octanol–water partition coefficient (Wildman–Crippen LogP) is 3.06. The maximum Gasteiger partial charge on any atom is 0.212 e. The van der Waals surface area contributed by atoms with E-state index in [2.05, 4.69) is 34.2 Å². The zero-order chi connectivity index (χ0) is 19.1. The van der Waals surface area contributed by atoms with Gasteiger partial charge < -0.3 is 9.47 Å². The van der Waals surface area contributed by atoms with Gasteiger partial charge in [0, 0.05) is 38.6 Å². The first-order valence-electron chi connectivity index (χ1n) is 8.99. The Kier molecular flexibility index (Phi) is 6.57.